The first-order valence-corrected chi connectivity index (χ1v) is 9.45. The minimum Gasteiger partial charge on any atom is -0.435 e. The van der Waals surface area contributed by atoms with Crippen molar-refractivity contribution in [3.63, 3.8) is 0 Å². The molecule has 0 unspecified atom stereocenters. The molecule has 0 aliphatic carbocycles. The molecule has 0 amide bonds. The molecule has 0 N–H and O–H groups in total. The Balaban J connectivity index is 3.48. The molecule has 0 aromatic heterocycles. The van der Waals surface area contributed by atoms with Crippen LogP contribution in [0.2, 0.25) is 19.6 Å². The second kappa shape index (κ2) is 6.02. The van der Waals surface area contributed by atoms with Crippen LogP contribution in [0.15, 0.2) is 12.3 Å². The molecule has 0 saturated carbocycles. The van der Waals surface area contributed by atoms with E-state index in [2.05, 4.69) is 36.7 Å². The van der Waals surface area contributed by atoms with Crippen LogP contribution in [0.5, 0.6) is 0 Å². The zero-order valence-electron chi connectivity index (χ0n) is 7.51. The molecule has 3 nitrogen and oxygen atoms in total. The summed E-state index contributed by atoms with van der Waals surface area (Å²) < 4.78 is 15.6. The summed E-state index contributed by atoms with van der Waals surface area (Å²) in [5, 5.41) is 0. The van der Waals surface area contributed by atoms with Gasteiger partial charge in [-0.2, -0.15) is 0 Å². The fourth-order valence-corrected chi connectivity index (χ4v) is 3.37. The third-order valence-electron chi connectivity index (χ3n) is 0.757. The Labute approximate surface area is 82.7 Å². The molecular formula is C5H12O3Si4. The second-order valence-electron chi connectivity index (χ2n) is 3.03. The summed E-state index contributed by atoms with van der Waals surface area (Å²) in [6.07, 6.45) is 0. The van der Waals surface area contributed by atoms with E-state index in [4.69, 9.17) is 12.3 Å². The number of hydrogen-bond donors (Lipinski definition) is 0. The lowest BCUT2D eigenvalue weighted by Crippen LogP contribution is -2.32. The molecule has 6 radical (unpaired) electrons. The topological polar surface area (TPSA) is 27.7 Å². The van der Waals surface area contributed by atoms with E-state index in [-0.39, 0.29) is 10.0 Å². The molecule has 0 bridgehead atoms. The van der Waals surface area contributed by atoms with Crippen molar-refractivity contribution < 1.29 is 12.3 Å². The van der Waals surface area contributed by atoms with Gasteiger partial charge in [0.1, 0.15) is 0 Å². The first kappa shape index (κ1) is 12.5. The van der Waals surface area contributed by atoms with Gasteiger partial charge in [-0.3, -0.25) is 0 Å². The van der Waals surface area contributed by atoms with Crippen molar-refractivity contribution in [3.05, 3.63) is 12.3 Å². The zero-order valence-corrected chi connectivity index (χ0v) is 11.5. The molecule has 0 aliphatic rings. The lowest BCUT2D eigenvalue weighted by molar-refractivity contribution is 0.413. The van der Waals surface area contributed by atoms with Gasteiger partial charge in [0, 0.05) is 0 Å². The molecule has 0 atom stereocenters. The van der Waals surface area contributed by atoms with Crippen LogP contribution < -0.4 is 0 Å². The van der Waals surface area contributed by atoms with Crippen LogP contribution in [0.25, 0.3) is 0 Å². The summed E-state index contributed by atoms with van der Waals surface area (Å²) in [5.41, 5.74) is 1.65. The monoisotopic (exact) mass is 232 g/mol. The average molecular weight is 232 g/mol. The average Bonchev–Trinajstić information content (AvgIpc) is 1.96. The van der Waals surface area contributed by atoms with Gasteiger partial charge < -0.3 is 12.3 Å². The Hall–Kier alpha value is 0.488. The second-order valence-corrected chi connectivity index (χ2v) is 10.9. The minimum atomic E-state index is -1.45. The van der Waals surface area contributed by atoms with Gasteiger partial charge in [0.25, 0.3) is 0 Å². The van der Waals surface area contributed by atoms with E-state index in [0.717, 1.165) is 0 Å². The van der Waals surface area contributed by atoms with Crippen molar-refractivity contribution in [1.82, 2.24) is 0 Å². The van der Waals surface area contributed by atoms with Crippen LogP contribution >= 0.6 is 0 Å². The van der Waals surface area contributed by atoms with Crippen molar-refractivity contribution in [2.75, 3.05) is 0 Å². The van der Waals surface area contributed by atoms with E-state index in [1.165, 1.54) is 0 Å². The van der Waals surface area contributed by atoms with Crippen molar-refractivity contribution in [2.45, 2.75) is 19.6 Å². The van der Waals surface area contributed by atoms with Gasteiger partial charge in [-0.25, -0.2) is 0 Å². The maximum atomic E-state index is 5.48. The Morgan fingerprint density at radius 3 is 2.42 bits per heavy atom. The quantitative estimate of drug-likeness (QED) is 0.631. The normalized spacial score (nSPS) is 12.1. The van der Waals surface area contributed by atoms with E-state index in [1.54, 1.807) is 5.70 Å². The molecule has 0 aromatic carbocycles. The summed E-state index contributed by atoms with van der Waals surface area (Å²) in [6, 6.07) is 0. The molecule has 66 valence electrons. The Morgan fingerprint density at radius 1 is 1.50 bits per heavy atom. The van der Waals surface area contributed by atoms with Gasteiger partial charge in [0.05, 0.1) is 0 Å². The highest BCUT2D eigenvalue weighted by atomic mass is 28.4. The largest absolute Gasteiger partial charge is 0.435 e. The fraction of sp³-hybridized carbons (Fsp3) is 0.600. The fourth-order valence-electron chi connectivity index (χ4n) is 0.291. The molecule has 0 spiro atoms. The van der Waals surface area contributed by atoms with Crippen LogP contribution in [0.1, 0.15) is 0 Å². The van der Waals surface area contributed by atoms with Gasteiger partial charge in [0.15, 0.2) is 8.32 Å². The van der Waals surface area contributed by atoms with Gasteiger partial charge >= 0.3 is 19.3 Å². The Morgan fingerprint density at radius 2 is 2.08 bits per heavy atom. The molecule has 0 rings (SSSR count). The molecular weight excluding hydrogens is 220 g/mol. The standard InChI is InChI=1S/C5H12O3Si4/c1-5-11(6-9)7-10-8-12(2,3)4/h5H,1H2,2-4H3. The third kappa shape index (κ3) is 7.15. The van der Waals surface area contributed by atoms with Gasteiger partial charge in [0.2, 0.25) is 10.5 Å². The number of hydrogen-bond acceptors (Lipinski definition) is 3. The summed E-state index contributed by atoms with van der Waals surface area (Å²) in [6.45, 7) is 9.90. The van der Waals surface area contributed by atoms with Gasteiger partial charge in [-0.1, -0.05) is 0 Å². The Kier molecular flexibility index (Phi) is 6.26. The van der Waals surface area contributed by atoms with Gasteiger partial charge in [-0.05, 0) is 25.3 Å². The highest BCUT2D eigenvalue weighted by Gasteiger charge is 2.17. The highest BCUT2D eigenvalue weighted by molar-refractivity contribution is 6.74. The van der Waals surface area contributed by atoms with Crippen LogP contribution in [0, 0.1) is 0 Å². The van der Waals surface area contributed by atoms with Crippen molar-refractivity contribution in [2.24, 2.45) is 0 Å². The summed E-state index contributed by atoms with van der Waals surface area (Å²) in [5.74, 6) is 0. The van der Waals surface area contributed by atoms with Crippen LogP contribution in [0.4, 0.5) is 0 Å². The lowest BCUT2D eigenvalue weighted by Gasteiger charge is -2.16. The molecule has 0 aromatic rings. The highest BCUT2D eigenvalue weighted by Crippen LogP contribution is 2.01. The van der Waals surface area contributed by atoms with E-state index in [1.807, 2.05) is 0 Å². The summed E-state index contributed by atoms with van der Waals surface area (Å²) in [7, 11) is 0.159. The SMILES string of the molecule is C=C[Si](O[Si])O[Si]O[Si](C)(C)C. The molecule has 0 aliphatic heterocycles. The van der Waals surface area contributed by atoms with E-state index in [0.29, 0.717) is 0 Å². The summed E-state index contributed by atoms with van der Waals surface area (Å²) >= 11 is 0. The van der Waals surface area contributed by atoms with Crippen molar-refractivity contribution in [1.29, 1.82) is 0 Å². The maximum Gasteiger partial charge on any atom is 0.411 e. The summed E-state index contributed by atoms with van der Waals surface area (Å²) in [4.78, 5) is 0. The predicted molar refractivity (Wildman–Crippen MR) is 54.1 cm³/mol. The molecule has 0 saturated heterocycles. The lowest BCUT2D eigenvalue weighted by atomic mass is 11.3. The van der Waals surface area contributed by atoms with Crippen LogP contribution in [-0.4, -0.2) is 38.1 Å². The Bertz CT molecular complexity index is 135. The number of rotatable bonds is 6. The van der Waals surface area contributed by atoms with Crippen LogP contribution in [0.3, 0.4) is 0 Å². The smallest absolute Gasteiger partial charge is 0.411 e. The van der Waals surface area contributed by atoms with Crippen molar-refractivity contribution >= 4 is 38.1 Å². The van der Waals surface area contributed by atoms with Crippen molar-refractivity contribution in [3.8, 4) is 0 Å². The molecule has 12 heavy (non-hydrogen) atoms. The maximum absolute atomic E-state index is 5.48. The predicted octanol–water partition coefficient (Wildman–Crippen LogP) is 0.702. The van der Waals surface area contributed by atoms with E-state index >= 15 is 0 Å². The van der Waals surface area contributed by atoms with E-state index < -0.39 is 17.6 Å². The van der Waals surface area contributed by atoms with E-state index in [9.17, 15) is 0 Å². The third-order valence-corrected chi connectivity index (χ3v) is 5.82. The van der Waals surface area contributed by atoms with Gasteiger partial charge in [-0.15, -0.1) is 6.58 Å². The minimum absolute atomic E-state index is 0.0572. The zero-order chi connectivity index (χ0) is 9.61. The molecule has 0 fully saturated rings. The van der Waals surface area contributed by atoms with Crippen LogP contribution in [-0.2, 0) is 12.3 Å². The first-order valence-electron chi connectivity index (χ1n) is 3.42. The molecule has 0 heterocycles. The first-order chi connectivity index (χ1) is 5.49. The molecule has 7 heteroatoms.